The molecule has 2 amide bonds. The molecule has 2 aromatic carbocycles. The zero-order valence-electron chi connectivity index (χ0n) is 11.8. The zero-order chi connectivity index (χ0) is 16.2. The molecule has 0 saturated carbocycles. The molecule has 0 aromatic heterocycles. The molecule has 0 aliphatic rings. The van der Waals surface area contributed by atoms with E-state index in [1.165, 1.54) is 0 Å². The summed E-state index contributed by atoms with van der Waals surface area (Å²) in [6, 6.07) is 12.6. The summed E-state index contributed by atoms with van der Waals surface area (Å²) in [5.74, 6) is 0. The molecule has 1 N–H and O–H groups in total. The highest BCUT2D eigenvalue weighted by Crippen LogP contribution is 2.20. The Morgan fingerprint density at radius 3 is 2.27 bits per heavy atom. The normalized spacial score (nSPS) is 13.2. The largest absolute Gasteiger partial charge is 0.354 e. The van der Waals surface area contributed by atoms with Crippen molar-refractivity contribution < 1.29 is 9.00 Å². The summed E-state index contributed by atoms with van der Waals surface area (Å²) in [5.41, 5.74) is 1.58. The summed E-state index contributed by atoms with van der Waals surface area (Å²) < 4.78 is 15.9. The van der Waals surface area contributed by atoms with E-state index in [0.717, 1.165) is 12.0 Å². The second kappa shape index (κ2) is 7.13. The number of hydrogen-bond donors (Lipinski definition) is 1. The Hall–Kier alpha value is -1.56. The van der Waals surface area contributed by atoms with Gasteiger partial charge >= 0.3 is 6.03 Å². The zero-order valence-corrected chi connectivity index (χ0v) is 14.1. The van der Waals surface area contributed by atoms with E-state index < -0.39 is 15.0 Å². The van der Waals surface area contributed by atoms with Gasteiger partial charge in [-0.05, 0) is 48.4 Å². The first kappa shape index (κ1) is 16.8. The van der Waals surface area contributed by atoms with E-state index in [2.05, 4.69) is 9.68 Å². The van der Waals surface area contributed by atoms with Crippen LogP contribution in [0.1, 0.15) is 12.5 Å². The molecule has 0 fully saturated rings. The van der Waals surface area contributed by atoms with E-state index in [0.29, 0.717) is 15.6 Å². The van der Waals surface area contributed by atoms with Gasteiger partial charge < -0.3 is 5.32 Å². The number of anilines is 1. The fourth-order valence-corrected chi connectivity index (χ4v) is 3.19. The minimum absolute atomic E-state index is 0.303. The monoisotopic (exact) mass is 356 g/mol. The Morgan fingerprint density at radius 2 is 1.73 bits per heavy atom. The van der Waals surface area contributed by atoms with Gasteiger partial charge in [0.2, 0.25) is 0 Å². The van der Waals surface area contributed by atoms with Crippen LogP contribution in [0.3, 0.4) is 0 Å². The highest BCUT2D eigenvalue weighted by atomic mass is 35.7. The SMILES string of the molecule is CCc1ccc(S(=O)(Cl)=NC(=O)Nc2ccc(Cl)cc2)cc1. The molecule has 0 spiro atoms. The Labute approximate surface area is 139 Å². The number of hydrogen-bond acceptors (Lipinski definition) is 2. The Kier molecular flexibility index (Phi) is 5.45. The molecule has 0 heterocycles. The average Bonchev–Trinajstić information content (AvgIpc) is 2.49. The summed E-state index contributed by atoms with van der Waals surface area (Å²) in [4.78, 5) is 12.1. The average molecular weight is 357 g/mol. The minimum Gasteiger partial charge on any atom is -0.306 e. The van der Waals surface area contributed by atoms with Crippen molar-refractivity contribution in [1.29, 1.82) is 0 Å². The number of halogens is 2. The Bertz CT molecular complexity index is 780. The number of carbonyl (C=O) groups is 1. The molecular weight excluding hydrogens is 343 g/mol. The second-order valence-corrected chi connectivity index (χ2v) is 7.75. The van der Waals surface area contributed by atoms with Crippen molar-refractivity contribution in [1.82, 2.24) is 0 Å². The Balaban J connectivity index is 2.19. The number of benzene rings is 2. The lowest BCUT2D eigenvalue weighted by Gasteiger charge is -2.05. The van der Waals surface area contributed by atoms with Crippen molar-refractivity contribution in [2.24, 2.45) is 4.36 Å². The second-order valence-electron chi connectivity index (χ2n) is 4.48. The van der Waals surface area contributed by atoms with Crippen LogP contribution in [0.25, 0.3) is 0 Å². The number of carbonyl (C=O) groups excluding carboxylic acids is 1. The molecule has 0 aliphatic heterocycles. The number of rotatable bonds is 3. The van der Waals surface area contributed by atoms with Crippen molar-refractivity contribution in [2.45, 2.75) is 18.2 Å². The first-order chi connectivity index (χ1) is 10.4. The van der Waals surface area contributed by atoms with Crippen LogP contribution in [0.4, 0.5) is 10.5 Å². The van der Waals surface area contributed by atoms with Gasteiger partial charge in [-0.3, -0.25) is 0 Å². The topological polar surface area (TPSA) is 58.5 Å². The van der Waals surface area contributed by atoms with Crippen molar-refractivity contribution in [2.75, 3.05) is 5.32 Å². The van der Waals surface area contributed by atoms with E-state index in [-0.39, 0.29) is 0 Å². The first-order valence-corrected chi connectivity index (χ1v) is 9.25. The maximum atomic E-state index is 12.4. The molecule has 0 saturated heterocycles. The fraction of sp³-hybridized carbons (Fsp3) is 0.133. The van der Waals surface area contributed by atoms with Crippen molar-refractivity contribution in [3.05, 3.63) is 59.1 Å². The lowest BCUT2D eigenvalue weighted by Crippen LogP contribution is -2.08. The summed E-state index contributed by atoms with van der Waals surface area (Å²) in [5, 5.41) is 3.04. The van der Waals surface area contributed by atoms with Crippen LogP contribution in [0.2, 0.25) is 5.02 Å². The molecule has 4 nitrogen and oxygen atoms in total. The number of nitrogens with zero attached hydrogens (tertiary/aromatic N) is 1. The molecular formula is C15H14Cl2N2O2S. The third-order valence-corrected chi connectivity index (χ3v) is 5.17. The maximum absolute atomic E-state index is 12.4. The minimum atomic E-state index is -3.30. The van der Waals surface area contributed by atoms with Crippen LogP contribution < -0.4 is 5.32 Å². The predicted octanol–water partition coefficient (Wildman–Crippen LogP) is 5.12. The molecule has 0 radical (unpaired) electrons. The lowest BCUT2D eigenvalue weighted by molar-refractivity contribution is 0.260. The van der Waals surface area contributed by atoms with Crippen molar-refractivity contribution in [3.63, 3.8) is 0 Å². The van der Waals surface area contributed by atoms with Gasteiger partial charge in [0.1, 0.15) is 0 Å². The van der Waals surface area contributed by atoms with Crippen LogP contribution in [-0.4, -0.2) is 10.2 Å². The van der Waals surface area contributed by atoms with Gasteiger partial charge in [0.05, 0.1) is 4.90 Å². The van der Waals surface area contributed by atoms with Crippen molar-refractivity contribution >= 4 is 42.9 Å². The van der Waals surface area contributed by atoms with Gasteiger partial charge in [-0.2, -0.15) is 0 Å². The third-order valence-electron chi connectivity index (χ3n) is 2.92. The van der Waals surface area contributed by atoms with Gasteiger partial charge in [-0.1, -0.05) is 30.7 Å². The van der Waals surface area contributed by atoms with Gasteiger partial charge in [-0.25, -0.2) is 9.00 Å². The van der Waals surface area contributed by atoms with E-state index in [4.69, 9.17) is 22.3 Å². The van der Waals surface area contributed by atoms with E-state index in [1.54, 1.807) is 36.4 Å². The smallest absolute Gasteiger partial charge is 0.306 e. The molecule has 0 aliphatic carbocycles. The molecule has 2 rings (SSSR count). The van der Waals surface area contributed by atoms with Gasteiger partial charge in [0, 0.05) is 21.4 Å². The molecule has 7 heteroatoms. The standard InChI is InChI=1S/C15H14Cl2N2O2S/c1-2-11-3-9-14(10-4-11)22(17,21)19-15(20)18-13-7-5-12(16)6-8-13/h3-10H,2H2,1H3,(H,18,20). The molecule has 1 unspecified atom stereocenters. The molecule has 22 heavy (non-hydrogen) atoms. The highest BCUT2D eigenvalue weighted by Gasteiger charge is 2.12. The molecule has 0 bridgehead atoms. The van der Waals surface area contributed by atoms with Gasteiger partial charge in [0.15, 0.2) is 8.94 Å². The number of urea groups is 1. The fourth-order valence-electron chi connectivity index (χ4n) is 1.73. The molecule has 1 atom stereocenters. The van der Waals surface area contributed by atoms with E-state index >= 15 is 0 Å². The van der Waals surface area contributed by atoms with Crippen LogP contribution >= 0.6 is 22.3 Å². The summed E-state index contributed by atoms with van der Waals surface area (Å²) in [6.07, 6.45) is 0.859. The maximum Gasteiger partial charge on any atom is 0.354 e. The summed E-state index contributed by atoms with van der Waals surface area (Å²) in [6.45, 7) is 2.01. The third kappa shape index (κ3) is 4.47. The van der Waals surface area contributed by atoms with Gasteiger partial charge in [0.25, 0.3) is 0 Å². The highest BCUT2D eigenvalue weighted by molar-refractivity contribution is 8.15. The van der Waals surface area contributed by atoms with Gasteiger partial charge in [-0.15, -0.1) is 4.36 Å². The van der Waals surface area contributed by atoms with E-state index in [9.17, 15) is 9.00 Å². The lowest BCUT2D eigenvalue weighted by atomic mass is 10.2. The number of aryl methyl sites for hydroxylation is 1. The first-order valence-electron chi connectivity index (χ1n) is 6.53. The summed E-state index contributed by atoms with van der Waals surface area (Å²) in [7, 11) is 2.62. The van der Waals surface area contributed by atoms with Crippen LogP contribution in [-0.2, 0) is 15.4 Å². The predicted molar refractivity (Wildman–Crippen MR) is 91.0 cm³/mol. The van der Waals surface area contributed by atoms with Crippen LogP contribution in [0.15, 0.2) is 57.8 Å². The number of amides is 2. The van der Waals surface area contributed by atoms with Crippen LogP contribution in [0.5, 0.6) is 0 Å². The number of nitrogens with one attached hydrogen (secondary N) is 1. The van der Waals surface area contributed by atoms with Crippen molar-refractivity contribution in [3.8, 4) is 0 Å². The van der Waals surface area contributed by atoms with Crippen LogP contribution in [0, 0.1) is 0 Å². The molecule has 116 valence electrons. The molecule has 2 aromatic rings. The quantitative estimate of drug-likeness (QED) is 0.776. The Morgan fingerprint density at radius 1 is 1.14 bits per heavy atom. The van der Waals surface area contributed by atoms with E-state index in [1.807, 2.05) is 19.1 Å². The summed E-state index contributed by atoms with van der Waals surface area (Å²) >= 11 is 5.76.